The van der Waals surface area contributed by atoms with Gasteiger partial charge >= 0.3 is 0 Å². The lowest BCUT2D eigenvalue weighted by molar-refractivity contribution is 0.124. The molecule has 1 N–H and O–H groups in total. The molecule has 3 aliphatic rings. The van der Waals surface area contributed by atoms with E-state index in [-0.39, 0.29) is 17.3 Å². The molecular weight excluding hydrogens is 425 g/mol. The number of alkyl halides is 1. The monoisotopic (exact) mass is 469 g/mol. The van der Waals surface area contributed by atoms with Crippen molar-refractivity contribution < 1.29 is 14.3 Å². The molecular formula is C30H44FNO2. The lowest BCUT2D eigenvalue weighted by atomic mass is 9.62. The van der Waals surface area contributed by atoms with E-state index in [4.69, 9.17) is 4.84 Å². The molecule has 0 aromatic rings. The minimum Gasteiger partial charge on any atom is -0.399 e. The summed E-state index contributed by atoms with van der Waals surface area (Å²) in [6.07, 6.45) is 15.5. The summed E-state index contributed by atoms with van der Waals surface area (Å²) >= 11 is 0. The Morgan fingerprint density at radius 2 is 2.12 bits per heavy atom. The Hall–Kier alpha value is -1.94. The van der Waals surface area contributed by atoms with Crippen LogP contribution in [0.15, 0.2) is 64.4 Å². The third-order valence-corrected chi connectivity index (χ3v) is 8.09. The molecule has 4 heteroatoms. The van der Waals surface area contributed by atoms with E-state index in [1.807, 2.05) is 6.08 Å². The van der Waals surface area contributed by atoms with E-state index in [1.54, 1.807) is 12.7 Å². The summed E-state index contributed by atoms with van der Waals surface area (Å²) in [6, 6.07) is 0. The third-order valence-electron chi connectivity index (χ3n) is 8.09. The molecule has 0 unspecified atom stereocenters. The van der Waals surface area contributed by atoms with Crippen LogP contribution in [0, 0.1) is 22.7 Å². The number of halogens is 1. The van der Waals surface area contributed by atoms with E-state index in [2.05, 4.69) is 70.7 Å². The molecule has 3 rings (SSSR count). The number of nitrogens with zero attached hydrogens (tertiary/aromatic N) is 1. The molecule has 0 heterocycles. The van der Waals surface area contributed by atoms with Gasteiger partial charge < -0.3 is 9.94 Å². The molecule has 0 saturated heterocycles. The number of aliphatic hydroxyl groups is 1. The molecule has 0 aromatic heterocycles. The van der Waals surface area contributed by atoms with Gasteiger partial charge in [-0.25, -0.2) is 4.39 Å². The van der Waals surface area contributed by atoms with Gasteiger partial charge in [0.05, 0.1) is 11.8 Å². The first-order chi connectivity index (χ1) is 16.0. The van der Waals surface area contributed by atoms with Gasteiger partial charge in [-0.2, -0.15) is 0 Å². The average molecular weight is 470 g/mol. The fourth-order valence-electron chi connectivity index (χ4n) is 6.08. The molecule has 34 heavy (non-hydrogen) atoms. The summed E-state index contributed by atoms with van der Waals surface area (Å²) in [5.74, 6) is 0.968. The van der Waals surface area contributed by atoms with Crippen LogP contribution in [0.2, 0.25) is 0 Å². The third kappa shape index (κ3) is 5.82. The van der Waals surface area contributed by atoms with Crippen molar-refractivity contribution in [2.45, 2.75) is 91.8 Å². The van der Waals surface area contributed by atoms with E-state index in [0.29, 0.717) is 23.8 Å². The molecule has 3 aliphatic carbocycles. The smallest absolute Gasteiger partial charge is 0.127 e. The Labute approximate surface area is 206 Å². The van der Waals surface area contributed by atoms with Crippen molar-refractivity contribution in [1.29, 1.82) is 0 Å². The van der Waals surface area contributed by atoms with Gasteiger partial charge in [-0.3, -0.25) is 0 Å². The van der Waals surface area contributed by atoms with Crippen molar-refractivity contribution >= 4 is 5.71 Å². The van der Waals surface area contributed by atoms with Crippen LogP contribution >= 0.6 is 0 Å². The second-order valence-corrected chi connectivity index (χ2v) is 11.7. The number of hydrogen-bond donors (Lipinski definition) is 1. The van der Waals surface area contributed by atoms with Crippen molar-refractivity contribution in [2.75, 3.05) is 7.11 Å². The van der Waals surface area contributed by atoms with Gasteiger partial charge in [0.25, 0.3) is 0 Å². The number of oxime groups is 1. The normalized spacial score (nSPS) is 34.0. The van der Waals surface area contributed by atoms with Crippen LogP contribution in [0.25, 0.3) is 0 Å². The molecule has 0 aromatic carbocycles. The fourth-order valence-corrected chi connectivity index (χ4v) is 6.08. The van der Waals surface area contributed by atoms with E-state index in [0.717, 1.165) is 30.5 Å². The molecule has 3 nitrogen and oxygen atoms in total. The summed E-state index contributed by atoms with van der Waals surface area (Å²) in [5.41, 5.74) is 5.51. The van der Waals surface area contributed by atoms with E-state index >= 15 is 0 Å². The van der Waals surface area contributed by atoms with Crippen molar-refractivity contribution in [2.24, 2.45) is 27.8 Å². The Morgan fingerprint density at radius 1 is 1.38 bits per heavy atom. The van der Waals surface area contributed by atoms with E-state index in [1.165, 1.54) is 18.4 Å². The first kappa shape index (κ1) is 26.7. The quantitative estimate of drug-likeness (QED) is 0.246. The number of aliphatic hydroxyl groups excluding tert-OH is 1. The highest BCUT2D eigenvalue weighted by Gasteiger charge is 2.45. The average Bonchev–Trinajstić information content (AvgIpc) is 3.11. The predicted molar refractivity (Wildman–Crippen MR) is 140 cm³/mol. The summed E-state index contributed by atoms with van der Waals surface area (Å²) in [5, 5.41) is 14.2. The fraction of sp³-hybridized carbons (Fsp3) is 0.633. The van der Waals surface area contributed by atoms with Gasteiger partial charge in [0.1, 0.15) is 13.3 Å². The lowest BCUT2D eigenvalue weighted by Crippen LogP contribution is -2.32. The van der Waals surface area contributed by atoms with Crippen LogP contribution in [0.3, 0.4) is 0 Å². The lowest BCUT2D eigenvalue weighted by Gasteiger charge is -2.42. The Morgan fingerprint density at radius 3 is 2.79 bits per heavy atom. The summed E-state index contributed by atoms with van der Waals surface area (Å²) in [4.78, 5) is 5.05. The van der Waals surface area contributed by atoms with Crippen LogP contribution in [0.5, 0.6) is 0 Å². The van der Waals surface area contributed by atoms with Gasteiger partial charge in [-0.15, -0.1) is 0 Å². The summed E-state index contributed by atoms with van der Waals surface area (Å²) in [6.45, 7) is 15.1. The molecule has 0 spiro atoms. The number of allylic oxidation sites excluding steroid dienone is 8. The van der Waals surface area contributed by atoms with Crippen molar-refractivity contribution in [3.63, 3.8) is 0 Å². The number of fused-ring (bicyclic) bond motifs is 1. The minimum absolute atomic E-state index is 0.0567. The van der Waals surface area contributed by atoms with Crippen LogP contribution in [0.4, 0.5) is 4.39 Å². The maximum absolute atomic E-state index is 14.2. The van der Waals surface area contributed by atoms with Crippen molar-refractivity contribution in [3.8, 4) is 0 Å². The largest absolute Gasteiger partial charge is 0.399 e. The number of hydrogen-bond acceptors (Lipinski definition) is 3. The molecule has 0 bridgehead atoms. The topological polar surface area (TPSA) is 41.8 Å². The van der Waals surface area contributed by atoms with Crippen LogP contribution in [-0.2, 0) is 4.84 Å². The Bertz CT molecular complexity index is 917. The highest BCUT2D eigenvalue weighted by molar-refractivity contribution is 5.98. The summed E-state index contributed by atoms with van der Waals surface area (Å²) in [7, 11) is 1.60. The minimum atomic E-state index is -1.13. The maximum atomic E-state index is 14.2. The summed E-state index contributed by atoms with van der Waals surface area (Å²) < 4.78 is 14.2. The van der Waals surface area contributed by atoms with Gasteiger partial charge in [-0.05, 0) is 73.0 Å². The SMILES string of the molecule is C=C1/C(=C\C=C2/CCC[C@]3(C)C([C@@H](C)C/C=C/C(=NOC)C(C)(C)C)=CC[C@@H]23)C[C@@H](O)C[C@@H]1F. The first-order valence-electron chi connectivity index (χ1n) is 12.9. The van der Waals surface area contributed by atoms with Crippen LogP contribution in [-0.4, -0.2) is 30.2 Å². The molecule has 0 amide bonds. The zero-order chi connectivity index (χ0) is 25.1. The van der Waals surface area contributed by atoms with E-state index in [9.17, 15) is 9.50 Å². The standard InChI is InChI=1S/C30H44FNO2/c1-20(10-8-12-28(32-34-7)29(3,4)5)25-15-16-26-22(11-9-17-30(25,26)6)13-14-23-18-24(33)19-27(31)21(23)2/h8,12-15,20,24,26-27,33H,2,9-11,16-19H2,1,3-7H3/b12-8+,22-13+,23-14-,32-28?/t20-,24+,26-,27-,30+/m0/s1. The molecule has 188 valence electrons. The second kappa shape index (κ2) is 10.8. The van der Waals surface area contributed by atoms with Crippen LogP contribution < -0.4 is 0 Å². The predicted octanol–water partition coefficient (Wildman–Crippen LogP) is 7.66. The Balaban J connectivity index is 1.73. The van der Waals surface area contributed by atoms with Crippen molar-refractivity contribution in [1.82, 2.24) is 0 Å². The number of rotatable bonds is 6. The first-order valence-corrected chi connectivity index (χ1v) is 12.9. The highest BCUT2D eigenvalue weighted by atomic mass is 19.1. The van der Waals surface area contributed by atoms with E-state index < -0.39 is 12.3 Å². The van der Waals surface area contributed by atoms with Crippen LogP contribution in [0.1, 0.15) is 79.6 Å². The maximum Gasteiger partial charge on any atom is 0.127 e. The van der Waals surface area contributed by atoms with Gasteiger partial charge in [-0.1, -0.05) is 81.8 Å². The Kier molecular flexibility index (Phi) is 8.44. The molecule has 2 saturated carbocycles. The van der Waals surface area contributed by atoms with Crippen molar-refractivity contribution in [3.05, 3.63) is 59.3 Å². The molecule has 2 fully saturated rings. The molecule has 0 radical (unpaired) electrons. The molecule has 0 aliphatic heterocycles. The second-order valence-electron chi connectivity index (χ2n) is 11.7. The van der Waals surface area contributed by atoms with Gasteiger partial charge in [0.2, 0.25) is 0 Å². The van der Waals surface area contributed by atoms with Gasteiger partial charge in [0.15, 0.2) is 0 Å². The zero-order valence-corrected chi connectivity index (χ0v) is 22.0. The van der Waals surface area contributed by atoms with Gasteiger partial charge in [0, 0.05) is 11.8 Å². The highest BCUT2D eigenvalue weighted by Crippen LogP contribution is 2.57. The molecule has 5 atom stereocenters. The zero-order valence-electron chi connectivity index (χ0n) is 22.0.